The molecule has 3 rings (SSSR count). The highest BCUT2D eigenvalue weighted by Crippen LogP contribution is 2.31. The Morgan fingerprint density at radius 2 is 2.17 bits per heavy atom. The van der Waals surface area contributed by atoms with E-state index in [0.717, 1.165) is 31.7 Å². The molecule has 1 saturated heterocycles. The Hall–Kier alpha value is -2.44. The molecule has 1 atom stereocenters. The molecule has 7 heteroatoms. The van der Waals surface area contributed by atoms with Gasteiger partial charge in [-0.05, 0) is 38.8 Å². The van der Waals surface area contributed by atoms with Gasteiger partial charge in [0.25, 0.3) is 5.91 Å². The fourth-order valence-electron chi connectivity index (χ4n) is 3.14. The van der Waals surface area contributed by atoms with Crippen molar-refractivity contribution in [3.63, 3.8) is 0 Å². The molecule has 0 bridgehead atoms. The van der Waals surface area contributed by atoms with Crippen molar-refractivity contribution in [3.05, 3.63) is 35.6 Å². The first-order valence-electron chi connectivity index (χ1n) is 8.46. The highest BCUT2D eigenvalue weighted by Gasteiger charge is 2.33. The number of aromatic nitrogens is 3. The Morgan fingerprint density at radius 1 is 1.38 bits per heavy atom. The smallest absolute Gasteiger partial charge is 0.256 e. The minimum atomic E-state index is -0.114. The zero-order valence-corrected chi connectivity index (χ0v) is 14.4. The number of likely N-dealkylation sites (tertiary alicyclic amines) is 1. The van der Waals surface area contributed by atoms with Crippen LogP contribution in [0.25, 0.3) is 0 Å². The Kier molecular flexibility index (Phi) is 4.78. The van der Waals surface area contributed by atoms with Crippen LogP contribution in [0.5, 0.6) is 0 Å². The molecule has 0 N–H and O–H groups in total. The topological polar surface area (TPSA) is 75.4 Å². The van der Waals surface area contributed by atoms with Crippen molar-refractivity contribution in [2.75, 3.05) is 24.5 Å². The molecule has 2 aromatic heterocycles. The lowest BCUT2D eigenvalue weighted by Gasteiger charge is -2.23. The SMILES string of the molecule is CCN(CC)c1ccc(C(=O)N2CCC[C@H]2c2noc(C)n2)cn1. The third-order valence-corrected chi connectivity index (χ3v) is 4.44. The molecular formula is C17H23N5O2. The third kappa shape index (κ3) is 3.11. The molecule has 0 spiro atoms. The molecule has 24 heavy (non-hydrogen) atoms. The molecule has 7 nitrogen and oxygen atoms in total. The van der Waals surface area contributed by atoms with Gasteiger partial charge in [0.05, 0.1) is 11.6 Å². The molecule has 0 unspecified atom stereocenters. The van der Waals surface area contributed by atoms with Gasteiger partial charge in [-0.1, -0.05) is 5.16 Å². The quantitative estimate of drug-likeness (QED) is 0.839. The predicted molar refractivity (Wildman–Crippen MR) is 89.8 cm³/mol. The summed E-state index contributed by atoms with van der Waals surface area (Å²) in [5.41, 5.74) is 0.595. The van der Waals surface area contributed by atoms with Crippen molar-refractivity contribution >= 4 is 11.7 Å². The van der Waals surface area contributed by atoms with E-state index in [-0.39, 0.29) is 11.9 Å². The van der Waals surface area contributed by atoms with Gasteiger partial charge < -0.3 is 14.3 Å². The fraction of sp³-hybridized carbons (Fsp3) is 0.529. The summed E-state index contributed by atoms with van der Waals surface area (Å²) in [6, 6.07) is 3.64. The van der Waals surface area contributed by atoms with Gasteiger partial charge in [-0.2, -0.15) is 4.98 Å². The van der Waals surface area contributed by atoms with Crippen LogP contribution >= 0.6 is 0 Å². The molecular weight excluding hydrogens is 306 g/mol. The summed E-state index contributed by atoms with van der Waals surface area (Å²) in [5, 5.41) is 3.98. The maximum Gasteiger partial charge on any atom is 0.256 e. The van der Waals surface area contributed by atoms with Gasteiger partial charge in [0.2, 0.25) is 5.89 Å². The summed E-state index contributed by atoms with van der Waals surface area (Å²) in [6.45, 7) is 8.42. The van der Waals surface area contributed by atoms with Crippen LogP contribution in [0, 0.1) is 6.92 Å². The van der Waals surface area contributed by atoms with E-state index in [4.69, 9.17) is 4.52 Å². The number of hydrogen-bond acceptors (Lipinski definition) is 6. The van der Waals surface area contributed by atoms with Gasteiger partial charge >= 0.3 is 0 Å². The highest BCUT2D eigenvalue weighted by molar-refractivity contribution is 5.94. The van der Waals surface area contributed by atoms with Gasteiger partial charge in [0.15, 0.2) is 5.82 Å². The van der Waals surface area contributed by atoms with Gasteiger partial charge in [-0.15, -0.1) is 0 Å². The first-order chi connectivity index (χ1) is 11.6. The zero-order chi connectivity index (χ0) is 17.1. The second-order valence-corrected chi connectivity index (χ2v) is 5.91. The molecule has 3 heterocycles. The Balaban J connectivity index is 1.78. The third-order valence-electron chi connectivity index (χ3n) is 4.44. The second kappa shape index (κ2) is 6.98. The minimum Gasteiger partial charge on any atom is -0.357 e. The molecule has 0 aromatic carbocycles. The summed E-state index contributed by atoms with van der Waals surface area (Å²) in [5.74, 6) is 1.97. The minimum absolute atomic E-state index is 0.0291. The van der Waals surface area contributed by atoms with Gasteiger partial charge in [0.1, 0.15) is 5.82 Å². The van der Waals surface area contributed by atoms with Crippen molar-refractivity contribution in [1.82, 2.24) is 20.0 Å². The fourth-order valence-corrected chi connectivity index (χ4v) is 3.14. The van der Waals surface area contributed by atoms with E-state index in [9.17, 15) is 4.79 Å². The van der Waals surface area contributed by atoms with Crippen LogP contribution in [0.3, 0.4) is 0 Å². The number of amides is 1. The Morgan fingerprint density at radius 3 is 2.75 bits per heavy atom. The van der Waals surface area contributed by atoms with E-state index in [1.165, 1.54) is 0 Å². The summed E-state index contributed by atoms with van der Waals surface area (Å²) in [7, 11) is 0. The molecule has 1 amide bonds. The predicted octanol–water partition coefficient (Wildman–Crippen LogP) is 2.60. The molecule has 0 radical (unpaired) electrons. The van der Waals surface area contributed by atoms with Crippen LogP contribution in [0.15, 0.2) is 22.9 Å². The molecule has 0 saturated carbocycles. The Labute approximate surface area is 141 Å². The van der Waals surface area contributed by atoms with Crippen LogP contribution < -0.4 is 4.90 Å². The van der Waals surface area contributed by atoms with Crippen molar-refractivity contribution in [1.29, 1.82) is 0 Å². The lowest BCUT2D eigenvalue weighted by Crippen LogP contribution is -2.31. The average molecular weight is 329 g/mol. The highest BCUT2D eigenvalue weighted by atomic mass is 16.5. The summed E-state index contributed by atoms with van der Waals surface area (Å²) >= 11 is 0. The number of hydrogen-bond donors (Lipinski definition) is 0. The van der Waals surface area contributed by atoms with Crippen LogP contribution in [0.1, 0.15) is 54.8 Å². The van der Waals surface area contributed by atoms with E-state index >= 15 is 0 Å². The summed E-state index contributed by atoms with van der Waals surface area (Å²) in [4.78, 5) is 25.5. The number of carbonyl (C=O) groups excluding carboxylic acids is 1. The van der Waals surface area contributed by atoms with E-state index in [1.54, 1.807) is 13.1 Å². The van der Waals surface area contributed by atoms with Crippen molar-refractivity contribution in [2.24, 2.45) is 0 Å². The average Bonchev–Trinajstić information content (AvgIpc) is 3.24. The number of carbonyl (C=O) groups is 1. The van der Waals surface area contributed by atoms with Crippen LogP contribution in [-0.2, 0) is 0 Å². The van der Waals surface area contributed by atoms with Crippen molar-refractivity contribution in [3.8, 4) is 0 Å². The number of anilines is 1. The maximum absolute atomic E-state index is 12.8. The van der Waals surface area contributed by atoms with Crippen LogP contribution in [0.2, 0.25) is 0 Å². The van der Waals surface area contributed by atoms with Crippen molar-refractivity contribution < 1.29 is 9.32 Å². The lowest BCUT2D eigenvalue weighted by atomic mass is 10.2. The van der Waals surface area contributed by atoms with E-state index in [1.807, 2.05) is 17.0 Å². The molecule has 1 fully saturated rings. The van der Waals surface area contributed by atoms with Gasteiger partial charge in [-0.3, -0.25) is 4.79 Å². The van der Waals surface area contributed by atoms with Crippen LogP contribution in [-0.4, -0.2) is 45.6 Å². The summed E-state index contributed by atoms with van der Waals surface area (Å²) in [6.07, 6.45) is 3.46. The standard InChI is InChI=1S/C17H23N5O2/c1-4-21(5-2)15-9-8-13(11-18-15)17(23)22-10-6-7-14(22)16-19-12(3)24-20-16/h8-9,11,14H,4-7,10H2,1-3H3/t14-/m0/s1. The largest absolute Gasteiger partial charge is 0.357 e. The van der Waals surface area contributed by atoms with Gasteiger partial charge in [0, 0.05) is 32.8 Å². The van der Waals surface area contributed by atoms with E-state index in [0.29, 0.717) is 23.8 Å². The summed E-state index contributed by atoms with van der Waals surface area (Å²) < 4.78 is 5.06. The van der Waals surface area contributed by atoms with Crippen LogP contribution in [0.4, 0.5) is 5.82 Å². The Bertz CT molecular complexity index is 693. The van der Waals surface area contributed by atoms with E-state index < -0.39 is 0 Å². The van der Waals surface area contributed by atoms with Gasteiger partial charge in [-0.25, -0.2) is 4.98 Å². The zero-order valence-electron chi connectivity index (χ0n) is 14.4. The number of pyridine rings is 1. The second-order valence-electron chi connectivity index (χ2n) is 5.91. The van der Waals surface area contributed by atoms with E-state index in [2.05, 4.69) is 33.9 Å². The molecule has 0 aliphatic carbocycles. The lowest BCUT2D eigenvalue weighted by molar-refractivity contribution is 0.0728. The number of rotatable bonds is 5. The molecule has 1 aliphatic heterocycles. The molecule has 128 valence electrons. The first kappa shape index (κ1) is 16.4. The number of nitrogens with zero attached hydrogens (tertiary/aromatic N) is 5. The maximum atomic E-state index is 12.8. The molecule has 2 aromatic rings. The monoisotopic (exact) mass is 329 g/mol. The number of aryl methyl sites for hydroxylation is 1. The van der Waals surface area contributed by atoms with Crippen molar-refractivity contribution in [2.45, 2.75) is 39.7 Å². The first-order valence-corrected chi connectivity index (χ1v) is 8.46. The molecule has 1 aliphatic rings. The normalized spacial score (nSPS) is 17.3.